The first-order chi connectivity index (χ1) is 13.4. The molecule has 1 N–H and O–H groups in total. The van der Waals surface area contributed by atoms with E-state index in [4.69, 9.17) is 23.2 Å². The Morgan fingerprint density at radius 2 is 1.68 bits per heavy atom. The molecular formula is C21H23Cl2FN2O2. The highest BCUT2D eigenvalue weighted by molar-refractivity contribution is 6.36. The highest BCUT2D eigenvalue weighted by Gasteiger charge is 2.29. The van der Waals surface area contributed by atoms with E-state index in [0.29, 0.717) is 34.1 Å². The fourth-order valence-electron chi connectivity index (χ4n) is 2.94. The van der Waals surface area contributed by atoms with Crippen molar-refractivity contribution in [1.29, 1.82) is 0 Å². The smallest absolute Gasteiger partial charge is 0.242 e. The van der Waals surface area contributed by atoms with Crippen molar-refractivity contribution >= 4 is 35.0 Å². The third-order valence-electron chi connectivity index (χ3n) is 4.40. The van der Waals surface area contributed by atoms with Crippen LogP contribution < -0.4 is 5.32 Å². The van der Waals surface area contributed by atoms with Crippen LogP contribution in [0.15, 0.2) is 42.5 Å². The van der Waals surface area contributed by atoms with Crippen molar-refractivity contribution in [2.24, 2.45) is 0 Å². The Morgan fingerprint density at radius 3 is 2.21 bits per heavy atom. The Balaban J connectivity index is 2.35. The van der Waals surface area contributed by atoms with E-state index in [1.165, 1.54) is 17.0 Å². The van der Waals surface area contributed by atoms with Crippen LogP contribution in [0, 0.1) is 5.82 Å². The van der Waals surface area contributed by atoms with E-state index in [2.05, 4.69) is 5.32 Å². The van der Waals surface area contributed by atoms with Crippen LogP contribution in [-0.4, -0.2) is 29.3 Å². The minimum atomic E-state index is -0.666. The molecule has 0 aliphatic heterocycles. The molecule has 0 bridgehead atoms. The molecule has 150 valence electrons. The molecule has 0 unspecified atom stereocenters. The van der Waals surface area contributed by atoms with Gasteiger partial charge in [0, 0.05) is 28.7 Å². The van der Waals surface area contributed by atoms with Crippen LogP contribution in [0.1, 0.15) is 31.4 Å². The summed E-state index contributed by atoms with van der Waals surface area (Å²) in [5.41, 5.74) is 1.24. The number of nitrogens with zero attached hydrogens (tertiary/aromatic N) is 1. The number of hydrogen-bond acceptors (Lipinski definition) is 2. The molecule has 0 spiro atoms. The van der Waals surface area contributed by atoms with Gasteiger partial charge in [-0.25, -0.2) is 4.39 Å². The van der Waals surface area contributed by atoms with Gasteiger partial charge in [-0.3, -0.25) is 9.59 Å². The second kappa shape index (κ2) is 10.4. The number of carbonyl (C=O) groups excluding carboxylic acids is 2. The van der Waals surface area contributed by atoms with Gasteiger partial charge in [-0.2, -0.15) is 0 Å². The van der Waals surface area contributed by atoms with Crippen molar-refractivity contribution < 1.29 is 14.0 Å². The summed E-state index contributed by atoms with van der Waals surface area (Å²) in [6.45, 7) is 4.23. The van der Waals surface area contributed by atoms with Gasteiger partial charge in [0.15, 0.2) is 0 Å². The summed E-state index contributed by atoms with van der Waals surface area (Å²) < 4.78 is 13.2. The molecule has 0 aromatic heterocycles. The number of benzene rings is 2. The molecule has 4 nitrogen and oxygen atoms in total. The Hall–Kier alpha value is -2.11. The first-order valence-corrected chi connectivity index (χ1v) is 9.87. The maximum absolute atomic E-state index is 13.2. The van der Waals surface area contributed by atoms with Crippen molar-refractivity contribution in [3.8, 4) is 0 Å². The van der Waals surface area contributed by atoms with Crippen molar-refractivity contribution in [3.05, 3.63) is 69.5 Å². The van der Waals surface area contributed by atoms with Gasteiger partial charge in [0.25, 0.3) is 0 Å². The molecular weight excluding hydrogens is 402 g/mol. The minimum absolute atomic E-state index is 0.0399. The lowest BCUT2D eigenvalue weighted by Gasteiger charge is -2.31. The lowest BCUT2D eigenvalue weighted by atomic mass is 10.1. The Bertz CT molecular complexity index is 807. The zero-order valence-corrected chi connectivity index (χ0v) is 17.4. The number of amides is 2. The van der Waals surface area contributed by atoms with Crippen LogP contribution in [0.3, 0.4) is 0 Å². The van der Waals surface area contributed by atoms with Crippen molar-refractivity contribution in [1.82, 2.24) is 10.2 Å². The molecule has 0 fully saturated rings. The Kier molecular flexibility index (Phi) is 8.27. The summed E-state index contributed by atoms with van der Waals surface area (Å²) in [7, 11) is 0. The van der Waals surface area contributed by atoms with Crippen LogP contribution in [0.25, 0.3) is 0 Å². The van der Waals surface area contributed by atoms with E-state index in [-0.39, 0.29) is 30.6 Å². The molecule has 0 saturated carbocycles. The van der Waals surface area contributed by atoms with E-state index in [1.54, 1.807) is 30.3 Å². The van der Waals surface area contributed by atoms with Crippen molar-refractivity contribution in [2.45, 2.75) is 39.3 Å². The monoisotopic (exact) mass is 424 g/mol. The van der Waals surface area contributed by atoms with Crippen LogP contribution in [-0.2, 0) is 22.6 Å². The third-order valence-corrected chi connectivity index (χ3v) is 5.10. The van der Waals surface area contributed by atoms with E-state index < -0.39 is 6.04 Å². The van der Waals surface area contributed by atoms with Crippen molar-refractivity contribution in [3.63, 3.8) is 0 Å². The van der Waals surface area contributed by atoms with Gasteiger partial charge in [-0.05, 0) is 43.2 Å². The fraction of sp³-hybridized carbons (Fsp3) is 0.333. The number of likely N-dealkylation sites (N-methyl/N-ethyl adjacent to an activating group) is 1. The van der Waals surface area contributed by atoms with Crippen molar-refractivity contribution in [2.75, 3.05) is 6.54 Å². The predicted octanol–water partition coefficient (Wildman–Crippen LogP) is 4.62. The molecule has 1 atom stereocenters. The second-order valence-electron chi connectivity index (χ2n) is 6.34. The van der Waals surface area contributed by atoms with Gasteiger partial charge in [0.1, 0.15) is 11.9 Å². The third kappa shape index (κ3) is 5.69. The standard InChI is InChI=1S/C21H23Cl2FN2O2/c1-3-19(21(28)25-4-2)26(13-16-17(22)6-5-7-18(16)23)20(27)12-14-8-10-15(24)11-9-14/h5-11,19H,3-4,12-13H2,1-2H3,(H,25,28)/t19-/m0/s1. The Morgan fingerprint density at radius 1 is 1.07 bits per heavy atom. The highest BCUT2D eigenvalue weighted by Crippen LogP contribution is 2.27. The topological polar surface area (TPSA) is 49.4 Å². The van der Waals surface area contributed by atoms with Crippen LogP contribution in [0.5, 0.6) is 0 Å². The summed E-state index contributed by atoms with van der Waals surface area (Å²) >= 11 is 12.6. The average Bonchev–Trinajstić information content (AvgIpc) is 2.66. The summed E-state index contributed by atoms with van der Waals surface area (Å²) in [4.78, 5) is 27.1. The molecule has 2 rings (SSSR count). The van der Waals surface area contributed by atoms with Gasteiger partial charge in [-0.1, -0.05) is 48.3 Å². The number of rotatable bonds is 8. The summed E-state index contributed by atoms with van der Waals surface area (Å²) in [5.74, 6) is -0.869. The molecule has 0 aliphatic carbocycles. The average molecular weight is 425 g/mol. The lowest BCUT2D eigenvalue weighted by molar-refractivity contribution is -0.140. The zero-order valence-electron chi connectivity index (χ0n) is 15.8. The molecule has 7 heteroatoms. The maximum Gasteiger partial charge on any atom is 0.242 e. The summed E-state index contributed by atoms with van der Waals surface area (Å²) in [6.07, 6.45) is 0.474. The molecule has 28 heavy (non-hydrogen) atoms. The summed E-state index contributed by atoms with van der Waals surface area (Å²) in [5, 5.41) is 3.63. The van der Waals surface area contributed by atoms with Gasteiger partial charge in [-0.15, -0.1) is 0 Å². The SMILES string of the molecule is CCNC(=O)[C@H](CC)N(Cc1c(Cl)cccc1Cl)C(=O)Cc1ccc(F)cc1. The van der Waals surface area contributed by atoms with Gasteiger partial charge >= 0.3 is 0 Å². The van der Waals surface area contributed by atoms with Gasteiger partial charge in [0.05, 0.1) is 6.42 Å². The lowest BCUT2D eigenvalue weighted by Crippen LogP contribution is -2.49. The molecule has 2 aromatic rings. The second-order valence-corrected chi connectivity index (χ2v) is 7.16. The normalized spacial score (nSPS) is 11.8. The number of nitrogens with one attached hydrogen (secondary N) is 1. The molecule has 2 amide bonds. The van der Waals surface area contributed by atoms with Crippen LogP contribution in [0.4, 0.5) is 4.39 Å². The summed E-state index contributed by atoms with van der Waals surface area (Å²) in [6, 6.07) is 10.2. The highest BCUT2D eigenvalue weighted by atomic mass is 35.5. The largest absolute Gasteiger partial charge is 0.355 e. The molecule has 0 radical (unpaired) electrons. The van der Waals surface area contributed by atoms with E-state index in [0.717, 1.165) is 0 Å². The van der Waals surface area contributed by atoms with E-state index in [9.17, 15) is 14.0 Å². The number of hydrogen-bond donors (Lipinski definition) is 1. The molecule has 0 aliphatic rings. The van der Waals surface area contributed by atoms with E-state index >= 15 is 0 Å². The quantitative estimate of drug-likeness (QED) is 0.671. The molecule has 2 aromatic carbocycles. The number of halogens is 3. The van der Waals surface area contributed by atoms with Gasteiger partial charge < -0.3 is 10.2 Å². The fourth-order valence-corrected chi connectivity index (χ4v) is 3.46. The van der Waals surface area contributed by atoms with Gasteiger partial charge in [0.2, 0.25) is 11.8 Å². The minimum Gasteiger partial charge on any atom is -0.355 e. The molecule has 0 saturated heterocycles. The zero-order chi connectivity index (χ0) is 20.7. The predicted molar refractivity (Wildman–Crippen MR) is 110 cm³/mol. The Labute approximate surface area is 174 Å². The molecule has 0 heterocycles. The van der Waals surface area contributed by atoms with Crippen LogP contribution in [0.2, 0.25) is 10.0 Å². The first-order valence-electron chi connectivity index (χ1n) is 9.11. The van der Waals surface area contributed by atoms with Crippen LogP contribution >= 0.6 is 23.2 Å². The number of carbonyl (C=O) groups is 2. The maximum atomic E-state index is 13.2. The van der Waals surface area contributed by atoms with E-state index in [1.807, 2.05) is 13.8 Å². The first kappa shape index (κ1) is 22.2.